The number of aryl methyl sites for hydroxylation is 2. The lowest BCUT2D eigenvalue weighted by molar-refractivity contribution is -0.122. The summed E-state index contributed by atoms with van der Waals surface area (Å²) in [4.78, 5) is 36.1. The highest BCUT2D eigenvalue weighted by molar-refractivity contribution is 6.12. The Labute approximate surface area is 186 Å². The fourth-order valence-electron chi connectivity index (χ4n) is 4.49. The van der Waals surface area contributed by atoms with E-state index in [1.807, 2.05) is 32.2 Å². The first-order valence-corrected chi connectivity index (χ1v) is 11.1. The van der Waals surface area contributed by atoms with E-state index in [0.29, 0.717) is 23.7 Å². The van der Waals surface area contributed by atoms with Crippen LogP contribution in [0.3, 0.4) is 0 Å². The van der Waals surface area contributed by atoms with Gasteiger partial charge in [-0.3, -0.25) is 14.3 Å². The van der Waals surface area contributed by atoms with E-state index in [-0.39, 0.29) is 17.7 Å². The molecule has 1 saturated heterocycles. The van der Waals surface area contributed by atoms with Crippen molar-refractivity contribution in [3.8, 4) is 0 Å². The van der Waals surface area contributed by atoms with Crippen LogP contribution in [0.4, 0.5) is 11.5 Å². The lowest BCUT2D eigenvalue weighted by Crippen LogP contribution is -2.41. The van der Waals surface area contributed by atoms with Crippen LogP contribution < -0.4 is 16.0 Å². The highest BCUT2D eigenvalue weighted by Crippen LogP contribution is 2.40. The molecule has 5 rings (SSSR count). The molecule has 9 nitrogen and oxygen atoms in total. The molecule has 0 spiro atoms. The van der Waals surface area contributed by atoms with E-state index in [1.54, 1.807) is 10.9 Å². The van der Waals surface area contributed by atoms with E-state index in [0.717, 1.165) is 60.5 Å². The zero-order valence-electron chi connectivity index (χ0n) is 18.3. The van der Waals surface area contributed by atoms with Crippen molar-refractivity contribution in [1.29, 1.82) is 0 Å². The summed E-state index contributed by atoms with van der Waals surface area (Å²) >= 11 is 0. The van der Waals surface area contributed by atoms with Crippen LogP contribution in [0, 0.1) is 12.8 Å². The summed E-state index contributed by atoms with van der Waals surface area (Å²) in [7, 11) is 1.85. The highest BCUT2D eigenvalue weighted by Gasteiger charge is 2.29. The molecule has 4 heterocycles. The molecular weight excluding hydrogens is 406 g/mol. The summed E-state index contributed by atoms with van der Waals surface area (Å²) in [6.07, 6.45) is 5.58. The van der Waals surface area contributed by atoms with Crippen molar-refractivity contribution in [2.75, 3.05) is 23.3 Å². The normalized spacial score (nSPS) is 18.7. The van der Waals surface area contributed by atoms with Gasteiger partial charge in [0.1, 0.15) is 5.82 Å². The number of anilines is 2. The third kappa shape index (κ3) is 3.79. The van der Waals surface area contributed by atoms with E-state index in [2.05, 4.69) is 20.3 Å². The first kappa shape index (κ1) is 20.4. The predicted octanol–water partition coefficient (Wildman–Crippen LogP) is 2.50. The van der Waals surface area contributed by atoms with Gasteiger partial charge in [-0.05, 0) is 50.8 Å². The number of nitrogens with two attached hydrogens (primary N) is 1. The molecule has 3 N–H and O–H groups in total. The number of aromatic nitrogens is 4. The lowest BCUT2D eigenvalue weighted by Gasteiger charge is -2.32. The molecule has 0 aromatic carbocycles. The summed E-state index contributed by atoms with van der Waals surface area (Å²) < 4.78 is 1.74. The van der Waals surface area contributed by atoms with Gasteiger partial charge in [-0.1, -0.05) is 0 Å². The molecule has 2 aliphatic rings. The fourth-order valence-corrected chi connectivity index (χ4v) is 4.49. The van der Waals surface area contributed by atoms with Gasteiger partial charge in [0.05, 0.1) is 34.4 Å². The van der Waals surface area contributed by atoms with Crippen LogP contribution in [-0.2, 0) is 11.8 Å². The van der Waals surface area contributed by atoms with Crippen LogP contribution >= 0.6 is 0 Å². The zero-order valence-corrected chi connectivity index (χ0v) is 18.3. The van der Waals surface area contributed by atoms with Gasteiger partial charge in [0.2, 0.25) is 5.91 Å². The Morgan fingerprint density at radius 2 is 2.03 bits per heavy atom. The smallest absolute Gasteiger partial charge is 0.256 e. The van der Waals surface area contributed by atoms with Crippen molar-refractivity contribution in [3.05, 3.63) is 41.3 Å². The molecule has 2 amide bonds. The molecule has 0 bridgehead atoms. The standard InChI is InChI=1S/C23H27N7O2/c1-13-20-17(10-18(14-5-6-14)27-22(20)29(2)28-13)23(32)26-16-7-8-19(25-11-16)30-9-3-4-15(12-30)21(24)31/h7-8,10-11,14-15H,3-6,9,12H2,1-2H3,(H2,24,31)(H,26,32). The monoisotopic (exact) mass is 433 g/mol. The van der Waals surface area contributed by atoms with Crippen LogP contribution in [0.5, 0.6) is 0 Å². The van der Waals surface area contributed by atoms with Crippen molar-refractivity contribution >= 4 is 34.4 Å². The molecule has 32 heavy (non-hydrogen) atoms. The fraction of sp³-hybridized carbons (Fsp3) is 0.435. The summed E-state index contributed by atoms with van der Waals surface area (Å²) in [5, 5.41) is 8.22. The number of nitrogens with one attached hydrogen (secondary N) is 1. The number of amides is 2. The third-order valence-electron chi connectivity index (χ3n) is 6.38. The van der Waals surface area contributed by atoms with Gasteiger partial charge in [0.25, 0.3) is 5.91 Å². The molecule has 166 valence electrons. The number of pyridine rings is 2. The number of carbonyl (C=O) groups excluding carboxylic acids is 2. The quantitative estimate of drug-likeness (QED) is 0.638. The van der Waals surface area contributed by atoms with Crippen molar-refractivity contribution in [2.24, 2.45) is 18.7 Å². The Morgan fingerprint density at radius 3 is 2.72 bits per heavy atom. The molecule has 1 aliphatic heterocycles. The van der Waals surface area contributed by atoms with Gasteiger partial charge in [0, 0.05) is 31.7 Å². The molecule has 1 unspecified atom stereocenters. The van der Waals surface area contributed by atoms with E-state index in [9.17, 15) is 9.59 Å². The van der Waals surface area contributed by atoms with Crippen LogP contribution in [0.1, 0.15) is 53.3 Å². The maximum atomic E-state index is 13.2. The van der Waals surface area contributed by atoms with Crippen molar-refractivity contribution in [3.63, 3.8) is 0 Å². The predicted molar refractivity (Wildman–Crippen MR) is 122 cm³/mol. The van der Waals surface area contributed by atoms with Gasteiger partial charge in [0.15, 0.2) is 5.65 Å². The van der Waals surface area contributed by atoms with Crippen molar-refractivity contribution in [2.45, 2.75) is 38.5 Å². The largest absolute Gasteiger partial charge is 0.369 e. The van der Waals surface area contributed by atoms with Gasteiger partial charge in [-0.25, -0.2) is 9.97 Å². The molecule has 3 aromatic rings. The van der Waals surface area contributed by atoms with Gasteiger partial charge in [-0.15, -0.1) is 0 Å². The number of hydrogen-bond donors (Lipinski definition) is 2. The molecule has 1 saturated carbocycles. The zero-order chi connectivity index (χ0) is 22.4. The third-order valence-corrected chi connectivity index (χ3v) is 6.38. The Bertz CT molecular complexity index is 1200. The van der Waals surface area contributed by atoms with E-state index < -0.39 is 0 Å². The van der Waals surface area contributed by atoms with Crippen LogP contribution in [0.2, 0.25) is 0 Å². The topological polar surface area (TPSA) is 119 Å². The lowest BCUT2D eigenvalue weighted by atomic mass is 9.97. The second-order valence-electron chi connectivity index (χ2n) is 8.82. The maximum absolute atomic E-state index is 13.2. The number of carbonyl (C=O) groups is 2. The molecule has 2 fully saturated rings. The molecular formula is C23H27N7O2. The number of hydrogen-bond acceptors (Lipinski definition) is 6. The van der Waals surface area contributed by atoms with Crippen molar-refractivity contribution in [1.82, 2.24) is 19.7 Å². The molecule has 9 heteroatoms. The van der Waals surface area contributed by atoms with Crippen LogP contribution in [-0.4, -0.2) is 44.7 Å². The average molecular weight is 434 g/mol. The van der Waals surface area contributed by atoms with E-state index >= 15 is 0 Å². The van der Waals surface area contributed by atoms with E-state index in [4.69, 9.17) is 10.7 Å². The number of rotatable bonds is 5. The van der Waals surface area contributed by atoms with Crippen LogP contribution in [0.15, 0.2) is 24.4 Å². The molecule has 1 aliphatic carbocycles. The Kier molecular flexibility index (Phi) is 5.03. The van der Waals surface area contributed by atoms with Gasteiger partial charge in [-0.2, -0.15) is 5.10 Å². The highest BCUT2D eigenvalue weighted by atomic mass is 16.2. The van der Waals surface area contributed by atoms with Gasteiger partial charge < -0.3 is 16.0 Å². The Hall–Kier alpha value is -3.49. The number of piperidine rings is 1. The van der Waals surface area contributed by atoms with Crippen LogP contribution in [0.25, 0.3) is 11.0 Å². The number of primary amides is 1. The summed E-state index contributed by atoms with van der Waals surface area (Å²) in [5.74, 6) is 0.591. The minimum absolute atomic E-state index is 0.151. The SMILES string of the molecule is Cc1nn(C)c2nc(C3CC3)cc(C(=O)Nc3ccc(N4CCCC(C(N)=O)C4)nc3)c12. The second kappa shape index (κ2) is 7.89. The van der Waals surface area contributed by atoms with Crippen molar-refractivity contribution < 1.29 is 9.59 Å². The average Bonchev–Trinajstić information content (AvgIpc) is 3.60. The minimum Gasteiger partial charge on any atom is -0.369 e. The van der Waals surface area contributed by atoms with Gasteiger partial charge >= 0.3 is 0 Å². The Morgan fingerprint density at radius 1 is 1.22 bits per heavy atom. The summed E-state index contributed by atoms with van der Waals surface area (Å²) in [6.45, 7) is 3.31. The number of fused-ring (bicyclic) bond motifs is 1. The second-order valence-corrected chi connectivity index (χ2v) is 8.82. The van der Waals surface area contributed by atoms with E-state index in [1.165, 1.54) is 0 Å². The molecule has 3 aromatic heterocycles. The first-order valence-electron chi connectivity index (χ1n) is 11.1. The minimum atomic E-state index is -0.265. The molecule has 1 atom stereocenters. The summed E-state index contributed by atoms with van der Waals surface area (Å²) in [6, 6.07) is 5.61. The molecule has 0 radical (unpaired) electrons. The maximum Gasteiger partial charge on any atom is 0.256 e. The number of nitrogens with zero attached hydrogens (tertiary/aromatic N) is 5. The first-order chi connectivity index (χ1) is 15.4. The Balaban J connectivity index is 1.37. The summed E-state index contributed by atoms with van der Waals surface area (Å²) in [5.41, 5.74) is 9.16.